The van der Waals surface area contributed by atoms with Gasteiger partial charge in [0.15, 0.2) is 0 Å². The number of allylic oxidation sites excluding steroid dienone is 1. The molecule has 3 aliphatic carbocycles. The number of rotatable bonds is 11. The lowest BCUT2D eigenvalue weighted by atomic mass is 9.83. The summed E-state index contributed by atoms with van der Waals surface area (Å²) < 4.78 is 57.6. The zero-order valence-corrected chi connectivity index (χ0v) is 45.3. The summed E-state index contributed by atoms with van der Waals surface area (Å²) >= 11 is 1.37. The molecule has 8 heterocycles. The van der Waals surface area contributed by atoms with Crippen molar-refractivity contribution in [1.29, 1.82) is 0 Å². The average molecular weight is 1070 g/mol. The molecular formula is C57H74F3N9O6S. The second-order valence-corrected chi connectivity index (χ2v) is 25.6. The molecule has 6 aliphatic heterocycles. The van der Waals surface area contributed by atoms with Crippen molar-refractivity contribution >= 4 is 57.7 Å². The zero-order chi connectivity index (χ0) is 52.8. The molecule has 3 saturated carbocycles. The Morgan fingerprint density at radius 2 is 1.80 bits per heavy atom. The van der Waals surface area contributed by atoms with Crippen LogP contribution in [0.15, 0.2) is 34.3 Å². The number of nitrogens with one attached hydrogen (secondary N) is 2. The monoisotopic (exact) mass is 1070 g/mol. The van der Waals surface area contributed by atoms with Crippen LogP contribution in [0.2, 0.25) is 0 Å². The molecule has 19 heteroatoms. The number of carbonyl (C=O) groups excluding carboxylic acids is 4. The molecule has 2 aromatic heterocycles. The largest absolute Gasteiger partial charge is 0.464 e. The van der Waals surface area contributed by atoms with E-state index in [-0.39, 0.29) is 48.6 Å². The Morgan fingerprint density at radius 1 is 1.01 bits per heavy atom. The van der Waals surface area contributed by atoms with E-state index in [2.05, 4.69) is 25.4 Å². The molecule has 7 fully saturated rings. The molecule has 4 saturated heterocycles. The number of nitrogens with zero attached hydrogens (tertiary/aromatic N) is 7. The van der Waals surface area contributed by atoms with Gasteiger partial charge in [0.25, 0.3) is 5.91 Å². The van der Waals surface area contributed by atoms with Crippen molar-refractivity contribution < 1.29 is 41.8 Å². The maximum absolute atomic E-state index is 15.2. The van der Waals surface area contributed by atoms with Gasteiger partial charge in [0.2, 0.25) is 11.8 Å². The van der Waals surface area contributed by atoms with Crippen molar-refractivity contribution in [3.8, 4) is 11.3 Å². The van der Waals surface area contributed by atoms with Crippen LogP contribution in [0, 0.1) is 22.7 Å². The first kappa shape index (κ1) is 52.0. The summed E-state index contributed by atoms with van der Waals surface area (Å²) in [5.41, 5.74) is 6.48. The summed E-state index contributed by atoms with van der Waals surface area (Å²) in [5, 5.41) is 7.90. The van der Waals surface area contributed by atoms with E-state index in [1.807, 2.05) is 32.2 Å². The number of halogens is 3. The maximum Gasteiger partial charge on any atom is 0.406 e. The van der Waals surface area contributed by atoms with E-state index in [0.717, 1.165) is 64.7 Å². The molecule has 3 amide bonds. The Bertz CT molecular complexity index is 2810. The first-order valence-electron chi connectivity index (χ1n) is 28.3. The summed E-state index contributed by atoms with van der Waals surface area (Å²) in [6.45, 7) is 7.75. The number of hydrogen-bond donors (Lipinski definition) is 2. The van der Waals surface area contributed by atoms with Crippen LogP contribution in [0.1, 0.15) is 127 Å². The maximum atomic E-state index is 15.2. The van der Waals surface area contributed by atoms with Crippen LogP contribution in [-0.4, -0.2) is 154 Å². The summed E-state index contributed by atoms with van der Waals surface area (Å²) in [4.78, 5) is 75.2. The van der Waals surface area contributed by atoms with E-state index < -0.39 is 48.3 Å². The summed E-state index contributed by atoms with van der Waals surface area (Å²) in [6.07, 6.45) is 9.70. The fraction of sp³-hybridized carbons (Fsp3) is 0.684. The quantitative estimate of drug-likeness (QED) is 0.144. The molecule has 8 atom stereocenters. The van der Waals surface area contributed by atoms with Gasteiger partial charge in [-0.05, 0) is 126 Å². The highest BCUT2D eigenvalue weighted by Crippen LogP contribution is 2.54. The molecule has 9 aliphatic rings. The molecule has 0 radical (unpaired) electrons. The molecule has 2 N–H and O–H groups in total. The van der Waals surface area contributed by atoms with Gasteiger partial charge >= 0.3 is 12.1 Å². The Labute approximate surface area is 447 Å². The van der Waals surface area contributed by atoms with E-state index in [4.69, 9.17) is 19.5 Å². The van der Waals surface area contributed by atoms with Crippen molar-refractivity contribution in [2.75, 3.05) is 46.4 Å². The number of hydrazine groups is 1. The fourth-order valence-electron chi connectivity index (χ4n) is 14.2. The Hall–Kier alpha value is -4.69. The standard InChI is InChI=1S/C57H74F3N9O6S/c1-33(74-4)46-38(11-7-21-61-46)49-40-27-55(2,3)32-75-54(73)41-12-8-22-68(64-41)52(71)42(26-45-62-43(28-76-45)36-15-18-44(39(40)25-36)67(49)31-57(58,59)60)63-51(70)48(34-9-5-6-10-34)65-23-19-56(29-65)20-24-66(30-56)53(72)50-47(35-13-14-35)69(50)37-16-17-37/h15,18,21,25,28,33-35,37,41-42,47-48,50,64H,5-14,16-17,19-20,22-24,26-27,29-32H2,1-4H3,(H,63,70)/t33-,41-,42-,47+,48-,50+,56-,69?/m0/s1. The lowest BCUT2D eigenvalue weighted by Gasteiger charge is -2.37. The number of esters is 1. The molecule has 3 aromatic rings. The minimum Gasteiger partial charge on any atom is -0.464 e. The molecule has 12 rings (SSSR count). The lowest BCUT2D eigenvalue weighted by molar-refractivity contribution is -0.155. The Balaban J connectivity index is 0.857. The number of ether oxygens (including phenoxy) is 2. The minimum atomic E-state index is -4.55. The van der Waals surface area contributed by atoms with Crippen LogP contribution >= 0.6 is 11.3 Å². The number of fused-ring (bicyclic) bond motifs is 6. The van der Waals surface area contributed by atoms with Crippen molar-refractivity contribution in [1.82, 2.24) is 40.0 Å². The van der Waals surface area contributed by atoms with Gasteiger partial charge in [0.05, 0.1) is 40.8 Å². The molecule has 6 bridgehead atoms. The molecule has 1 spiro atoms. The second-order valence-electron chi connectivity index (χ2n) is 24.7. The minimum absolute atomic E-state index is 0.0369. The van der Waals surface area contributed by atoms with Crippen LogP contribution in [0.25, 0.3) is 27.7 Å². The number of thiazole rings is 1. The van der Waals surface area contributed by atoms with Crippen molar-refractivity contribution in [3.63, 3.8) is 0 Å². The highest BCUT2D eigenvalue weighted by molar-refractivity contribution is 7.10. The fourth-order valence-corrected chi connectivity index (χ4v) is 15.1. The van der Waals surface area contributed by atoms with Crippen molar-refractivity contribution in [3.05, 3.63) is 45.5 Å². The van der Waals surface area contributed by atoms with E-state index in [1.165, 1.54) is 46.6 Å². The normalized spacial score (nSPS) is 30.3. The number of amides is 3. The predicted molar refractivity (Wildman–Crippen MR) is 283 cm³/mol. The molecule has 1 unspecified atom stereocenters. The third-order valence-electron chi connectivity index (χ3n) is 18.4. The Kier molecular flexibility index (Phi) is 13.8. The van der Waals surface area contributed by atoms with Crippen molar-refractivity contribution in [2.24, 2.45) is 27.7 Å². The second kappa shape index (κ2) is 20.2. The summed E-state index contributed by atoms with van der Waals surface area (Å²) in [7, 11) is 1.56. The molecule has 15 nitrogen and oxygen atoms in total. The number of hydrogen-bond acceptors (Lipinski definition) is 12. The highest BCUT2D eigenvalue weighted by Gasteiger charge is 2.64. The highest BCUT2D eigenvalue weighted by atomic mass is 32.1. The number of aliphatic imine (C=N–C) groups is 1. The Morgan fingerprint density at radius 3 is 2.55 bits per heavy atom. The summed E-state index contributed by atoms with van der Waals surface area (Å²) in [6, 6.07) is 4.19. The lowest BCUT2D eigenvalue weighted by Crippen LogP contribution is -2.62. The number of carbonyl (C=O) groups is 4. The van der Waals surface area contributed by atoms with Crippen LogP contribution < -0.4 is 10.7 Å². The van der Waals surface area contributed by atoms with Gasteiger partial charge in [0.1, 0.15) is 24.7 Å². The third kappa shape index (κ3) is 10.3. The van der Waals surface area contributed by atoms with Crippen LogP contribution in [-0.2, 0) is 48.0 Å². The molecule has 76 heavy (non-hydrogen) atoms. The van der Waals surface area contributed by atoms with Gasteiger partial charge in [-0.25, -0.2) is 10.4 Å². The number of alkyl halides is 3. The number of cyclic esters (lactones) is 1. The topological polar surface area (TPSA) is 154 Å². The predicted octanol–water partition coefficient (Wildman–Crippen LogP) is 7.69. The zero-order valence-electron chi connectivity index (χ0n) is 44.5. The molecular weight excluding hydrogens is 996 g/mol. The first-order valence-corrected chi connectivity index (χ1v) is 29.2. The van der Waals surface area contributed by atoms with E-state index in [9.17, 15) is 27.6 Å². The third-order valence-corrected chi connectivity index (χ3v) is 19.3. The van der Waals surface area contributed by atoms with E-state index >= 15 is 4.79 Å². The number of methoxy groups -OCH3 is 1. The van der Waals surface area contributed by atoms with Crippen LogP contribution in [0.4, 0.5) is 13.2 Å². The average Bonchev–Trinajstić information content (AvgIpc) is 4.38. The van der Waals surface area contributed by atoms with E-state index in [0.29, 0.717) is 106 Å². The van der Waals surface area contributed by atoms with Crippen LogP contribution in [0.5, 0.6) is 0 Å². The van der Waals surface area contributed by atoms with Crippen molar-refractivity contribution in [2.45, 2.75) is 179 Å². The number of benzene rings is 1. The van der Waals surface area contributed by atoms with Gasteiger partial charge in [0, 0.05) is 96.3 Å². The number of likely N-dealkylation sites (tertiary alicyclic amines) is 2. The first-order chi connectivity index (χ1) is 36.5. The number of aromatic nitrogens is 2. The van der Waals surface area contributed by atoms with E-state index in [1.54, 1.807) is 25.5 Å². The van der Waals surface area contributed by atoms with Gasteiger partial charge in [-0.15, -0.1) is 11.3 Å². The smallest absolute Gasteiger partial charge is 0.406 e. The van der Waals surface area contributed by atoms with Gasteiger partial charge in [-0.3, -0.25) is 39.0 Å². The van der Waals surface area contributed by atoms with Gasteiger partial charge in [-0.2, -0.15) is 13.2 Å². The molecule has 410 valence electrons. The van der Waals surface area contributed by atoms with Crippen LogP contribution in [0.3, 0.4) is 0 Å². The van der Waals surface area contributed by atoms with Gasteiger partial charge < -0.3 is 24.3 Å². The summed E-state index contributed by atoms with van der Waals surface area (Å²) in [5.74, 6) is 0.0149. The van der Waals surface area contributed by atoms with Gasteiger partial charge in [-0.1, -0.05) is 32.8 Å². The molecule has 1 aromatic carbocycles. The SMILES string of the molecule is CO[C@@H](C)C1=C(c2c3c4cc(ccc4n2CC(F)(F)F)-c2csc(n2)C[C@H](NC(=O)[C@H](C2CCCC2)N2CC[C@]4(CCN(C(=O)[C@H]5[C@@H](C6CC6)N5C5CC5)C4)C2)C(=O)N2CCC[C@H](N2)C(=O)OCC(C)(C)C3)CCC=N1.